The number of rotatable bonds is 9. The smallest absolute Gasteiger partial charge is 0.264 e. The first-order valence-corrected chi connectivity index (χ1v) is 14.9. The second kappa shape index (κ2) is 11.7. The van der Waals surface area contributed by atoms with Crippen LogP contribution in [0.25, 0.3) is 10.9 Å². The number of fused-ring (bicyclic) bond motifs is 1. The summed E-state index contributed by atoms with van der Waals surface area (Å²) in [6.07, 6.45) is 0. The monoisotopic (exact) mass is 558 g/mol. The molecule has 1 amide bonds. The van der Waals surface area contributed by atoms with Gasteiger partial charge < -0.3 is 9.80 Å². The predicted octanol–water partition coefficient (Wildman–Crippen LogP) is 5.84. The van der Waals surface area contributed by atoms with Crippen molar-refractivity contribution in [1.82, 2.24) is 9.88 Å². The summed E-state index contributed by atoms with van der Waals surface area (Å²) >= 11 is 0. The van der Waals surface area contributed by atoms with E-state index in [4.69, 9.17) is 4.98 Å². The number of pyridine rings is 1. The SMILES string of the molecule is CCN(Cc1ccc2ccccc2n1)C(=O)CN(c1cccc(N(C)C)c1)S(=O)(=O)c1ccc(C(C)(C)C)cc1. The average Bonchev–Trinajstić information content (AvgIpc) is 2.94. The number of likely N-dealkylation sites (N-methyl/N-ethyl adjacent to an activating group) is 1. The molecule has 210 valence electrons. The molecule has 0 unspecified atom stereocenters. The van der Waals surface area contributed by atoms with E-state index >= 15 is 0 Å². The normalized spacial score (nSPS) is 11.8. The lowest BCUT2D eigenvalue weighted by Gasteiger charge is -2.29. The number of anilines is 2. The van der Waals surface area contributed by atoms with Gasteiger partial charge in [0.2, 0.25) is 5.91 Å². The second-order valence-electron chi connectivity index (χ2n) is 11.1. The van der Waals surface area contributed by atoms with Crippen LogP contribution >= 0.6 is 0 Å². The van der Waals surface area contributed by atoms with Gasteiger partial charge in [0, 0.05) is 31.7 Å². The molecule has 4 aromatic rings. The van der Waals surface area contributed by atoms with Crippen LogP contribution in [0.5, 0.6) is 0 Å². The summed E-state index contributed by atoms with van der Waals surface area (Å²) in [4.78, 5) is 22.1. The van der Waals surface area contributed by atoms with Crippen molar-refractivity contribution in [3.8, 4) is 0 Å². The Morgan fingerprint density at radius 2 is 1.52 bits per heavy atom. The minimum Gasteiger partial charge on any atom is -0.378 e. The van der Waals surface area contributed by atoms with E-state index in [0.717, 1.165) is 27.8 Å². The van der Waals surface area contributed by atoms with Crippen LogP contribution in [0.3, 0.4) is 0 Å². The van der Waals surface area contributed by atoms with Gasteiger partial charge in [-0.25, -0.2) is 8.42 Å². The van der Waals surface area contributed by atoms with Gasteiger partial charge >= 0.3 is 0 Å². The molecule has 0 aliphatic heterocycles. The molecule has 1 heterocycles. The molecule has 0 saturated carbocycles. The molecule has 8 heteroatoms. The third-order valence-corrected chi connectivity index (χ3v) is 8.75. The molecule has 0 saturated heterocycles. The highest BCUT2D eigenvalue weighted by atomic mass is 32.2. The van der Waals surface area contributed by atoms with E-state index in [1.807, 2.05) is 80.5 Å². The van der Waals surface area contributed by atoms with Crippen LogP contribution < -0.4 is 9.21 Å². The molecule has 0 aliphatic rings. The summed E-state index contributed by atoms with van der Waals surface area (Å²) in [6.45, 7) is 8.50. The van der Waals surface area contributed by atoms with Crippen molar-refractivity contribution in [2.45, 2.75) is 44.6 Å². The van der Waals surface area contributed by atoms with Gasteiger partial charge in [0.05, 0.1) is 28.3 Å². The van der Waals surface area contributed by atoms with Crippen molar-refractivity contribution < 1.29 is 13.2 Å². The molecule has 40 heavy (non-hydrogen) atoms. The summed E-state index contributed by atoms with van der Waals surface area (Å²) in [7, 11) is -0.260. The average molecular weight is 559 g/mol. The fourth-order valence-corrected chi connectivity index (χ4v) is 5.89. The van der Waals surface area contributed by atoms with Crippen LogP contribution in [0.2, 0.25) is 0 Å². The Morgan fingerprint density at radius 1 is 0.850 bits per heavy atom. The Morgan fingerprint density at radius 3 is 2.17 bits per heavy atom. The van der Waals surface area contributed by atoms with Gasteiger partial charge in [0.1, 0.15) is 6.54 Å². The quantitative estimate of drug-likeness (QED) is 0.258. The Labute approximate surface area is 238 Å². The standard InChI is InChI=1S/C32H38N4O3S/c1-7-35(22-26-18-15-24-11-8-9-14-30(24)33-26)31(37)23-36(28-13-10-12-27(21-28)34(5)6)40(38,39)29-19-16-25(17-20-29)32(2,3)4/h8-21H,7,22-23H2,1-6H3. The maximum Gasteiger partial charge on any atom is 0.264 e. The van der Waals surface area contributed by atoms with Crippen LogP contribution in [0.15, 0.2) is 89.8 Å². The van der Waals surface area contributed by atoms with E-state index in [1.165, 1.54) is 4.31 Å². The summed E-state index contributed by atoms with van der Waals surface area (Å²) < 4.78 is 29.3. The van der Waals surface area contributed by atoms with Crippen LogP contribution in [-0.4, -0.2) is 51.4 Å². The van der Waals surface area contributed by atoms with E-state index in [1.54, 1.807) is 35.2 Å². The van der Waals surface area contributed by atoms with Crippen molar-refractivity contribution >= 4 is 38.2 Å². The zero-order valence-electron chi connectivity index (χ0n) is 24.1. The van der Waals surface area contributed by atoms with Crippen molar-refractivity contribution in [2.24, 2.45) is 0 Å². The molecule has 0 radical (unpaired) electrons. The maximum absolute atomic E-state index is 14.1. The van der Waals surface area contributed by atoms with Gasteiger partial charge in [-0.2, -0.15) is 0 Å². The molecule has 0 fully saturated rings. The summed E-state index contributed by atoms with van der Waals surface area (Å²) in [6, 6.07) is 25.9. The highest BCUT2D eigenvalue weighted by Gasteiger charge is 2.30. The first-order valence-electron chi connectivity index (χ1n) is 13.4. The van der Waals surface area contributed by atoms with Gasteiger partial charge in [-0.3, -0.25) is 14.1 Å². The number of carbonyl (C=O) groups excluding carboxylic acids is 1. The van der Waals surface area contributed by atoms with Crippen LogP contribution in [0.4, 0.5) is 11.4 Å². The molecular weight excluding hydrogens is 520 g/mol. The van der Waals surface area contributed by atoms with Gasteiger partial charge in [0.15, 0.2) is 0 Å². The lowest BCUT2D eigenvalue weighted by molar-refractivity contribution is -0.130. The van der Waals surface area contributed by atoms with Crippen LogP contribution in [0, 0.1) is 0 Å². The molecule has 0 N–H and O–H groups in total. The highest BCUT2D eigenvalue weighted by Crippen LogP contribution is 2.29. The maximum atomic E-state index is 14.1. The third-order valence-electron chi connectivity index (χ3n) is 6.96. The molecule has 7 nitrogen and oxygen atoms in total. The van der Waals surface area contributed by atoms with Crippen LogP contribution in [0.1, 0.15) is 39.0 Å². The molecule has 1 aromatic heterocycles. The first-order chi connectivity index (χ1) is 18.9. The van der Waals surface area contributed by atoms with Crippen molar-refractivity contribution in [2.75, 3.05) is 36.4 Å². The number of benzene rings is 3. The van der Waals surface area contributed by atoms with Gasteiger partial charge in [-0.1, -0.05) is 63.2 Å². The molecule has 0 spiro atoms. The molecule has 3 aromatic carbocycles. The van der Waals surface area contributed by atoms with E-state index in [0.29, 0.717) is 12.2 Å². The second-order valence-corrected chi connectivity index (χ2v) is 13.0. The van der Waals surface area contributed by atoms with Crippen LogP contribution in [-0.2, 0) is 26.8 Å². The summed E-state index contributed by atoms with van der Waals surface area (Å²) in [5.74, 6) is -0.303. The largest absolute Gasteiger partial charge is 0.378 e. The number of hydrogen-bond donors (Lipinski definition) is 0. The highest BCUT2D eigenvalue weighted by molar-refractivity contribution is 7.92. The Kier molecular flexibility index (Phi) is 8.49. The van der Waals surface area contributed by atoms with E-state index < -0.39 is 10.0 Å². The number of hydrogen-bond acceptors (Lipinski definition) is 5. The van der Waals surface area contributed by atoms with Gasteiger partial charge in [0.25, 0.3) is 10.0 Å². The lowest BCUT2D eigenvalue weighted by Crippen LogP contribution is -2.43. The minimum atomic E-state index is -4.05. The number of amides is 1. The van der Waals surface area contributed by atoms with Crippen molar-refractivity contribution in [3.05, 3.63) is 96.2 Å². The Hall–Kier alpha value is -3.91. The Bertz CT molecular complexity index is 1590. The van der Waals surface area contributed by atoms with Crippen molar-refractivity contribution in [3.63, 3.8) is 0 Å². The first kappa shape index (κ1) is 29.1. The predicted molar refractivity (Wildman–Crippen MR) is 163 cm³/mol. The van der Waals surface area contributed by atoms with E-state index in [9.17, 15) is 13.2 Å². The fraction of sp³-hybridized carbons (Fsp3) is 0.312. The zero-order chi connectivity index (χ0) is 29.1. The van der Waals surface area contributed by atoms with E-state index in [2.05, 4.69) is 20.8 Å². The fourth-order valence-electron chi connectivity index (χ4n) is 4.49. The molecule has 0 bridgehead atoms. The zero-order valence-corrected chi connectivity index (χ0v) is 24.9. The third kappa shape index (κ3) is 6.45. The number of para-hydroxylation sites is 1. The Balaban J connectivity index is 1.68. The molecule has 0 atom stereocenters. The number of sulfonamides is 1. The van der Waals surface area contributed by atoms with Crippen molar-refractivity contribution in [1.29, 1.82) is 0 Å². The summed E-state index contributed by atoms with van der Waals surface area (Å²) in [5.41, 5.74) is 3.78. The topological polar surface area (TPSA) is 73.8 Å². The number of carbonyl (C=O) groups is 1. The van der Waals surface area contributed by atoms with Gasteiger partial charge in [-0.15, -0.1) is 0 Å². The molecular formula is C32H38N4O3S. The lowest BCUT2D eigenvalue weighted by atomic mass is 9.87. The molecule has 4 rings (SSSR count). The summed E-state index contributed by atoms with van der Waals surface area (Å²) in [5, 5.41) is 1.02. The van der Waals surface area contributed by atoms with E-state index in [-0.39, 0.29) is 29.3 Å². The number of aromatic nitrogens is 1. The molecule has 0 aliphatic carbocycles. The number of nitrogens with zero attached hydrogens (tertiary/aromatic N) is 4. The van der Waals surface area contributed by atoms with Gasteiger partial charge in [-0.05, 0) is 60.4 Å². The minimum absolute atomic E-state index is 0.115.